The fraction of sp³-hybridized carbons (Fsp3) is 0.280. The van der Waals surface area contributed by atoms with E-state index in [1.807, 2.05) is 6.07 Å². The molecular formula is C25H23F4N3O. The van der Waals surface area contributed by atoms with Gasteiger partial charge in [-0.25, -0.2) is 22.5 Å². The SMILES string of the molecule is Cc1c(-c2ccc(F)c(F)c2)cnc(N2CCCC(F)(F)CC2)c1C(=O)Nc1ccccc1. The molecule has 3 aromatic rings. The second kappa shape index (κ2) is 9.21. The average Bonchev–Trinajstić information content (AvgIpc) is 2.96. The Labute approximate surface area is 189 Å². The molecule has 0 saturated carbocycles. The number of anilines is 2. The van der Waals surface area contributed by atoms with Gasteiger partial charge in [0.25, 0.3) is 5.91 Å². The highest BCUT2D eigenvalue weighted by Crippen LogP contribution is 2.35. The van der Waals surface area contributed by atoms with Crippen molar-refractivity contribution in [3.63, 3.8) is 0 Å². The van der Waals surface area contributed by atoms with Gasteiger partial charge in [-0.2, -0.15) is 0 Å². The Bertz CT molecular complexity index is 1170. The van der Waals surface area contributed by atoms with Gasteiger partial charge in [0.05, 0.1) is 5.56 Å². The molecule has 1 aliphatic heterocycles. The van der Waals surface area contributed by atoms with E-state index in [4.69, 9.17) is 0 Å². The minimum absolute atomic E-state index is 0.0512. The molecule has 33 heavy (non-hydrogen) atoms. The third-order valence-corrected chi connectivity index (χ3v) is 5.83. The third-order valence-electron chi connectivity index (χ3n) is 5.83. The van der Waals surface area contributed by atoms with Crippen molar-refractivity contribution in [2.45, 2.75) is 32.1 Å². The van der Waals surface area contributed by atoms with Crippen molar-refractivity contribution in [1.82, 2.24) is 4.98 Å². The Hall–Kier alpha value is -3.42. The van der Waals surface area contributed by atoms with Gasteiger partial charge in [-0.1, -0.05) is 24.3 Å². The Morgan fingerprint density at radius 2 is 1.79 bits per heavy atom. The van der Waals surface area contributed by atoms with E-state index in [1.54, 1.807) is 36.1 Å². The van der Waals surface area contributed by atoms with Gasteiger partial charge in [-0.05, 0) is 48.7 Å². The van der Waals surface area contributed by atoms with Crippen LogP contribution in [-0.2, 0) is 0 Å². The van der Waals surface area contributed by atoms with Crippen molar-refractivity contribution in [2.75, 3.05) is 23.3 Å². The number of rotatable bonds is 4. The number of carbonyl (C=O) groups is 1. The number of benzene rings is 2. The first-order valence-electron chi connectivity index (χ1n) is 10.7. The number of aromatic nitrogens is 1. The van der Waals surface area contributed by atoms with Crippen molar-refractivity contribution in [1.29, 1.82) is 0 Å². The predicted molar refractivity (Wildman–Crippen MR) is 120 cm³/mol. The van der Waals surface area contributed by atoms with E-state index in [0.29, 0.717) is 34.7 Å². The van der Waals surface area contributed by atoms with Gasteiger partial charge in [0.1, 0.15) is 5.82 Å². The zero-order chi connectivity index (χ0) is 23.6. The van der Waals surface area contributed by atoms with E-state index in [0.717, 1.165) is 12.1 Å². The van der Waals surface area contributed by atoms with E-state index in [-0.39, 0.29) is 31.4 Å². The third kappa shape index (κ3) is 4.99. The summed E-state index contributed by atoms with van der Waals surface area (Å²) in [6.45, 7) is 2.07. The van der Waals surface area contributed by atoms with Gasteiger partial charge < -0.3 is 10.2 Å². The summed E-state index contributed by atoms with van der Waals surface area (Å²) in [7, 11) is 0. The maximum atomic E-state index is 13.9. The first-order chi connectivity index (χ1) is 15.7. The van der Waals surface area contributed by atoms with Gasteiger partial charge >= 0.3 is 0 Å². The summed E-state index contributed by atoms with van der Waals surface area (Å²) in [4.78, 5) is 19.5. The lowest BCUT2D eigenvalue weighted by Crippen LogP contribution is -2.30. The highest BCUT2D eigenvalue weighted by atomic mass is 19.3. The van der Waals surface area contributed by atoms with Crippen LogP contribution in [0.2, 0.25) is 0 Å². The van der Waals surface area contributed by atoms with Gasteiger partial charge in [0, 0.05) is 43.4 Å². The molecule has 0 unspecified atom stereocenters. The zero-order valence-corrected chi connectivity index (χ0v) is 18.0. The Balaban J connectivity index is 1.79. The summed E-state index contributed by atoms with van der Waals surface area (Å²) in [5.74, 6) is -4.91. The molecule has 1 amide bonds. The van der Waals surface area contributed by atoms with Gasteiger partial charge in [-0.3, -0.25) is 4.79 Å². The molecule has 2 heterocycles. The molecule has 1 saturated heterocycles. The monoisotopic (exact) mass is 457 g/mol. The van der Waals surface area contributed by atoms with Crippen LogP contribution in [0.5, 0.6) is 0 Å². The first-order valence-corrected chi connectivity index (χ1v) is 10.7. The van der Waals surface area contributed by atoms with Crippen LogP contribution in [0.25, 0.3) is 11.1 Å². The van der Waals surface area contributed by atoms with Crippen LogP contribution in [0, 0.1) is 18.6 Å². The Kier molecular flexibility index (Phi) is 6.35. The average molecular weight is 457 g/mol. The summed E-state index contributed by atoms with van der Waals surface area (Å²) >= 11 is 0. The summed E-state index contributed by atoms with van der Waals surface area (Å²) < 4.78 is 55.2. The number of halogens is 4. The molecule has 1 fully saturated rings. The second-order valence-corrected chi connectivity index (χ2v) is 8.14. The number of nitrogens with one attached hydrogen (secondary N) is 1. The number of nitrogens with zero attached hydrogens (tertiary/aromatic N) is 2. The highest BCUT2D eigenvalue weighted by Gasteiger charge is 2.33. The fourth-order valence-corrected chi connectivity index (χ4v) is 4.05. The number of para-hydroxylation sites is 1. The van der Waals surface area contributed by atoms with E-state index in [9.17, 15) is 22.4 Å². The minimum atomic E-state index is -2.76. The summed E-state index contributed by atoms with van der Waals surface area (Å²) in [5.41, 5.74) is 2.09. The summed E-state index contributed by atoms with van der Waals surface area (Å²) in [5, 5.41) is 2.82. The Morgan fingerprint density at radius 3 is 2.52 bits per heavy atom. The molecule has 4 nitrogen and oxygen atoms in total. The normalized spacial score (nSPS) is 15.7. The number of alkyl halides is 2. The van der Waals surface area contributed by atoms with Crippen LogP contribution >= 0.6 is 0 Å². The molecule has 0 spiro atoms. The van der Waals surface area contributed by atoms with Crippen LogP contribution in [-0.4, -0.2) is 29.9 Å². The number of hydrogen-bond donors (Lipinski definition) is 1. The van der Waals surface area contributed by atoms with E-state index in [2.05, 4.69) is 10.3 Å². The van der Waals surface area contributed by atoms with Crippen molar-refractivity contribution < 1.29 is 22.4 Å². The Morgan fingerprint density at radius 1 is 1.03 bits per heavy atom. The van der Waals surface area contributed by atoms with Crippen LogP contribution in [0.3, 0.4) is 0 Å². The van der Waals surface area contributed by atoms with Crippen LogP contribution in [0.1, 0.15) is 35.2 Å². The summed E-state index contributed by atoms with van der Waals surface area (Å²) in [6, 6.07) is 12.3. The van der Waals surface area contributed by atoms with Gasteiger partial charge in [-0.15, -0.1) is 0 Å². The van der Waals surface area contributed by atoms with E-state index in [1.165, 1.54) is 12.3 Å². The first kappa shape index (κ1) is 22.8. The lowest BCUT2D eigenvalue weighted by atomic mass is 9.97. The smallest absolute Gasteiger partial charge is 0.259 e. The maximum absolute atomic E-state index is 13.9. The molecule has 0 bridgehead atoms. The molecule has 0 radical (unpaired) electrons. The van der Waals surface area contributed by atoms with Gasteiger partial charge in [0.2, 0.25) is 5.92 Å². The van der Waals surface area contributed by atoms with Crippen LogP contribution in [0.15, 0.2) is 54.7 Å². The van der Waals surface area contributed by atoms with Crippen molar-refractivity contribution >= 4 is 17.4 Å². The zero-order valence-electron chi connectivity index (χ0n) is 18.0. The summed E-state index contributed by atoms with van der Waals surface area (Å²) in [6.07, 6.45) is 1.18. The number of carbonyl (C=O) groups excluding carboxylic acids is 1. The molecule has 0 aliphatic carbocycles. The predicted octanol–water partition coefficient (Wildman–Crippen LogP) is 6.21. The number of hydrogen-bond acceptors (Lipinski definition) is 3. The maximum Gasteiger partial charge on any atom is 0.259 e. The molecule has 1 N–H and O–H groups in total. The fourth-order valence-electron chi connectivity index (χ4n) is 4.05. The van der Waals surface area contributed by atoms with Crippen molar-refractivity contribution in [3.05, 3.63) is 77.5 Å². The molecule has 2 aromatic carbocycles. The molecule has 1 aromatic heterocycles. The number of pyridine rings is 1. The van der Waals surface area contributed by atoms with Crippen molar-refractivity contribution in [2.24, 2.45) is 0 Å². The van der Waals surface area contributed by atoms with Crippen molar-refractivity contribution in [3.8, 4) is 11.1 Å². The molecule has 0 atom stereocenters. The lowest BCUT2D eigenvalue weighted by Gasteiger charge is -2.26. The molecular weight excluding hydrogens is 434 g/mol. The molecule has 172 valence electrons. The minimum Gasteiger partial charge on any atom is -0.356 e. The van der Waals surface area contributed by atoms with E-state index < -0.39 is 23.5 Å². The quantitative estimate of drug-likeness (QED) is 0.474. The largest absolute Gasteiger partial charge is 0.356 e. The van der Waals surface area contributed by atoms with E-state index >= 15 is 0 Å². The van der Waals surface area contributed by atoms with Gasteiger partial charge in [0.15, 0.2) is 11.6 Å². The lowest BCUT2D eigenvalue weighted by molar-refractivity contribution is -0.0102. The topological polar surface area (TPSA) is 45.2 Å². The molecule has 4 rings (SSSR count). The molecule has 8 heteroatoms. The number of amides is 1. The highest BCUT2D eigenvalue weighted by molar-refractivity contribution is 6.09. The van der Waals surface area contributed by atoms with Crippen LogP contribution in [0.4, 0.5) is 29.1 Å². The standard InChI is InChI=1S/C25H23F4N3O/c1-16-19(17-8-9-20(26)21(27)14-17)15-30-23(32-12-5-10-25(28,29)11-13-32)22(16)24(33)31-18-6-3-2-4-7-18/h2-4,6-9,14-15H,5,10-13H2,1H3,(H,31,33). The second-order valence-electron chi connectivity index (χ2n) is 8.14. The van der Waals surface area contributed by atoms with Crippen LogP contribution < -0.4 is 10.2 Å². The molecule has 1 aliphatic rings.